The van der Waals surface area contributed by atoms with Gasteiger partial charge in [-0.25, -0.2) is 4.98 Å². The van der Waals surface area contributed by atoms with Crippen LogP contribution in [0.25, 0.3) is 11.4 Å². The molecule has 14 heavy (non-hydrogen) atoms. The van der Waals surface area contributed by atoms with Crippen molar-refractivity contribution >= 4 is 17.3 Å². The highest BCUT2D eigenvalue weighted by molar-refractivity contribution is 6.33. The van der Waals surface area contributed by atoms with E-state index in [2.05, 4.69) is 9.97 Å². The number of nitrogen functional groups attached to an aromatic ring is 1. The van der Waals surface area contributed by atoms with Gasteiger partial charge in [0, 0.05) is 17.4 Å². The molecule has 0 saturated heterocycles. The maximum atomic E-state index is 6.03. The van der Waals surface area contributed by atoms with Crippen molar-refractivity contribution in [1.82, 2.24) is 9.97 Å². The molecule has 0 aliphatic heterocycles. The Morgan fingerprint density at radius 2 is 2.21 bits per heavy atom. The van der Waals surface area contributed by atoms with E-state index < -0.39 is 0 Å². The zero-order valence-electron chi connectivity index (χ0n) is 7.71. The number of H-pyrrole nitrogens is 1. The van der Waals surface area contributed by atoms with E-state index >= 15 is 0 Å². The number of hydrogen-bond acceptors (Lipinski definition) is 2. The molecule has 0 fully saturated rings. The van der Waals surface area contributed by atoms with Gasteiger partial charge in [0.25, 0.3) is 0 Å². The monoisotopic (exact) mass is 207 g/mol. The summed E-state index contributed by atoms with van der Waals surface area (Å²) in [7, 11) is 0. The molecule has 3 N–H and O–H groups in total. The largest absolute Gasteiger partial charge is 0.399 e. The van der Waals surface area contributed by atoms with Crippen molar-refractivity contribution in [1.29, 1.82) is 0 Å². The quantitative estimate of drug-likeness (QED) is 0.707. The molecule has 2 rings (SSSR count). The van der Waals surface area contributed by atoms with Gasteiger partial charge in [-0.2, -0.15) is 0 Å². The predicted octanol–water partition coefficient (Wildman–Crippen LogP) is 2.62. The fourth-order valence-corrected chi connectivity index (χ4v) is 1.55. The standard InChI is InChI=1S/C10H10ClN3/c1-6-5-13-10(14-6)8-3-2-7(12)4-9(8)11/h2-5H,12H2,1H3,(H,13,14). The number of imidazole rings is 1. The molecule has 0 aliphatic carbocycles. The lowest BCUT2D eigenvalue weighted by molar-refractivity contribution is 1.26. The predicted molar refractivity (Wildman–Crippen MR) is 58.2 cm³/mol. The van der Waals surface area contributed by atoms with E-state index in [1.54, 1.807) is 12.1 Å². The number of benzene rings is 1. The van der Waals surface area contributed by atoms with Crippen LogP contribution in [0, 0.1) is 6.92 Å². The number of nitrogens with two attached hydrogens (primary N) is 1. The Morgan fingerprint density at radius 3 is 2.79 bits per heavy atom. The Hall–Kier alpha value is -1.48. The van der Waals surface area contributed by atoms with Gasteiger partial charge >= 0.3 is 0 Å². The van der Waals surface area contributed by atoms with Gasteiger partial charge in [-0.05, 0) is 25.1 Å². The van der Waals surface area contributed by atoms with Gasteiger partial charge in [-0.3, -0.25) is 0 Å². The Kier molecular flexibility index (Phi) is 2.17. The first kappa shape index (κ1) is 9.09. The zero-order valence-corrected chi connectivity index (χ0v) is 8.47. The number of halogens is 1. The van der Waals surface area contributed by atoms with Crippen LogP contribution in [0.1, 0.15) is 5.69 Å². The van der Waals surface area contributed by atoms with Crippen LogP contribution in [-0.2, 0) is 0 Å². The molecule has 0 radical (unpaired) electrons. The van der Waals surface area contributed by atoms with E-state index in [0.717, 1.165) is 17.1 Å². The Bertz CT molecular complexity index is 462. The summed E-state index contributed by atoms with van der Waals surface area (Å²) in [6, 6.07) is 5.38. The van der Waals surface area contributed by atoms with Crippen molar-refractivity contribution in [3.8, 4) is 11.4 Å². The van der Waals surface area contributed by atoms with Gasteiger partial charge in [0.05, 0.1) is 10.7 Å². The average Bonchev–Trinajstić information content (AvgIpc) is 2.51. The third-order valence-electron chi connectivity index (χ3n) is 1.95. The lowest BCUT2D eigenvalue weighted by atomic mass is 10.2. The third-order valence-corrected chi connectivity index (χ3v) is 2.27. The van der Waals surface area contributed by atoms with E-state index in [4.69, 9.17) is 17.3 Å². The van der Waals surface area contributed by atoms with Crippen molar-refractivity contribution in [2.75, 3.05) is 5.73 Å². The highest BCUT2D eigenvalue weighted by Gasteiger charge is 2.06. The highest BCUT2D eigenvalue weighted by Crippen LogP contribution is 2.27. The summed E-state index contributed by atoms with van der Waals surface area (Å²) in [6.07, 6.45) is 1.84. The summed E-state index contributed by atoms with van der Waals surface area (Å²) < 4.78 is 0. The summed E-state index contributed by atoms with van der Waals surface area (Å²) in [5.74, 6) is 0.771. The fourth-order valence-electron chi connectivity index (χ4n) is 1.28. The third kappa shape index (κ3) is 1.59. The first-order valence-electron chi connectivity index (χ1n) is 4.24. The van der Waals surface area contributed by atoms with Gasteiger partial charge in [0.1, 0.15) is 5.82 Å². The average molecular weight is 208 g/mol. The Morgan fingerprint density at radius 1 is 1.43 bits per heavy atom. The number of anilines is 1. The van der Waals surface area contributed by atoms with Crippen LogP contribution in [0.5, 0.6) is 0 Å². The number of aromatic nitrogens is 2. The second-order valence-electron chi connectivity index (χ2n) is 3.13. The molecule has 0 aliphatic rings. The molecule has 2 aromatic rings. The van der Waals surface area contributed by atoms with E-state index in [1.807, 2.05) is 19.2 Å². The molecule has 3 nitrogen and oxygen atoms in total. The summed E-state index contributed by atoms with van der Waals surface area (Å²) in [6.45, 7) is 1.92. The fraction of sp³-hybridized carbons (Fsp3) is 0.100. The number of nitrogens with zero attached hydrogens (tertiary/aromatic N) is 1. The SMILES string of the molecule is Cc1c[nH]c(-c2ccc(N)cc2Cl)n1. The molecule has 0 saturated carbocycles. The molecular formula is C10H10ClN3. The minimum absolute atomic E-state index is 0.611. The van der Waals surface area contributed by atoms with Crippen molar-refractivity contribution in [3.63, 3.8) is 0 Å². The van der Waals surface area contributed by atoms with Gasteiger partial charge in [0.15, 0.2) is 0 Å². The molecular weight excluding hydrogens is 198 g/mol. The van der Waals surface area contributed by atoms with Gasteiger partial charge in [0.2, 0.25) is 0 Å². The maximum absolute atomic E-state index is 6.03. The maximum Gasteiger partial charge on any atom is 0.139 e. The molecule has 0 bridgehead atoms. The van der Waals surface area contributed by atoms with Crippen LogP contribution in [0.3, 0.4) is 0 Å². The second-order valence-corrected chi connectivity index (χ2v) is 3.54. The lowest BCUT2D eigenvalue weighted by Gasteiger charge is -2.01. The smallest absolute Gasteiger partial charge is 0.139 e. The number of aromatic amines is 1. The van der Waals surface area contributed by atoms with Crippen LogP contribution >= 0.6 is 11.6 Å². The minimum atomic E-state index is 0.611. The minimum Gasteiger partial charge on any atom is -0.399 e. The molecule has 0 spiro atoms. The zero-order chi connectivity index (χ0) is 10.1. The molecule has 72 valence electrons. The van der Waals surface area contributed by atoms with Gasteiger partial charge < -0.3 is 10.7 Å². The van der Waals surface area contributed by atoms with E-state index in [0.29, 0.717) is 10.7 Å². The second kappa shape index (κ2) is 3.35. The van der Waals surface area contributed by atoms with Crippen LogP contribution in [-0.4, -0.2) is 9.97 Å². The van der Waals surface area contributed by atoms with Crippen LogP contribution < -0.4 is 5.73 Å². The number of aryl methyl sites for hydroxylation is 1. The first-order chi connectivity index (χ1) is 6.66. The Labute approximate surface area is 86.9 Å². The van der Waals surface area contributed by atoms with Crippen LogP contribution in [0.2, 0.25) is 5.02 Å². The number of rotatable bonds is 1. The molecule has 1 aromatic heterocycles. The van der Waals surface area contributed by atoms with Crippen molar-refractivity contribution in [2.45, 2.75) is 6.92 Å². The number of hydrogen-bond donors (Lipinski definition) is 2. The van der Waals surface area contributed by atoms with Crippen LogP contribution in [0.15, 0.2) is 24.4 Å². The summed E-state index contributed by atoms with van der Waals surface area (Å²) in [5.41, 5.74) is 8.06. The first-order valence-corrected chi connectivity index (χ1v) is 4.62. The molecule has 1 heterocycles. The molecule has 0 amide bonds. The number of nitrogens with one attached hydrogen (secondary N) is 1. The molecule has 0 atom stereocenters. The van der Waals surface area contributed by atoms with E-state index in [-0.39, 0.29) is 0 Å². The summed E-state index contributed by atoms with van der Waals surface area (Å²) in [4.78, 5) is 7.34. The van der Waals surface area contributed by atoms with Crippen LogP contribution in [0.4, 0.5) is 5.69 Å². The van der Waals surface area contributed by atoms with E-state index in [9.17, 15) is 0 Å². The molecule has 0 unspecified atom stereocenters. The van der Waals surface area contributed by atoms with Gasteiger partial charge in [-0.15, -0.1) is 0 Å². The van der Waals surface area contributed by atoms with Crippen molar-refractivity contribution in [2.24, 2.45) is 0 Å². The molecule has 4 heteroatoms. The highest BCUT2D eigenvalue weighted by atomic mass is 35.5. The summed E-state index contributed by atoms with van der Waals surface area (Å²) in [5, 5.41) is 0.611. The van der Waals surface area contributed by atoms with Crippen molar-refractivity contribution < 1.29 is 0 Å². The topological polar surface area (TPSA) is 54.7 Å². The van der Waals surface area contributed by atoms with Gasteiger partial charge in [-0.1, -0.05) is 11.6 Å². The summed E-state index contributed by atoms with van der Waals surface area (Å²) >= 11 is 6.03. The Balaban J connectivity index is 2.52. The van der Waals surface area contributed by atoms with E-state index in [1.165, 1.54) is 0 Å². The normalized spacial score (nSPS) is 10.4. The van der Waals surface area contributed by atoms with Crippen molar-refractivity contribution in [3.05, 3.63) is 35.1 Å². The lowest BCUT2D eigenvalue weighted by Crippen LogP contribution is -1.87. The molecule has 1 aromatic carbocycles.